The summed E-state index contributed by atoms with van der Waals surface area (Å²) in [6.07, 6.45) is 1.55. The van der Waals surface area contributed by atoms with Crippen LogP contribution in [0.25, 0.3) is 0 Å². The van der Waals surface area contributed by atoms with Gasteiger partial charge in [-0.2, -0.15) is 0 Å². The van der Waals surface area contributed by atoms with Gasteiger partial charge in [-0.05, 0) is 62.1 Å². The Labute approximate surface area is 365 Å². The Balaban J connectivity index is 1.76. The Morgan fingerprint density at radius 2 is 1.49 bits per heavy atom. The van der Waals surface area contributed by atoms with E-state index in [1.807, 2.05) is 78.9 Å². The van der Waals surface area contributed by atoms with E-state index < -0.39 is 60.2 Å². The van der Waals surface area contributed by atoms with Crippen LogP contribution in [0.4, 0.5) is 0 Å². The Hall–Kier alpha value is -4.33. The van der Waals surface area contributed by atoms with Crippen LogP contribution < -0.4 is 10.6 Å². The van der Waals surface area contributed by atoms with E-state index in [9.17, 15) is 29.1 Å². The van der Waals surface area contributed by atoms with Gasteiger partial charge in [-0.25, -0.2) is 4.79 Å². The number of rotatable bonds is 24. The number of methoxy groups -OCH3 is 2. The predicted molar refractivity (Wildman–Crippen MR) is 239 cm³/mol. The lowest BCUT2D eigenvalue weighted by molar-refractivity contribution is -0.148. The fraction of sp³-hybridized carbons (Fsp3) is 0.646. The zero-order valence-electron chi connectivity index (χ0n) is 38.9. The minimum Gasteiger partial charge on any atom is -0.480 e. The Bertz CT molecular complexity index is 1710. The lowest BCUT2D eigenvalue weighted by atomic mass is 9.89. The Morgan fingerprint density at radius 3 is 2.03 bits per heavy atom. The molecule has 13 nitrogen and oxygen atoms in total. The highest BCUT2D eigenvalue weighted by atomic mass is 16.5. The molecule has 3 N–H and O–H groups in total. The van der Waals surface area contributed by atoms with Crippen molar-refractivity contribution in [3.8, 4) is 0 Å². The van der Waals surface area contributed by atoms with Crippen molar-refractivity contribution in [1.82, 2.24) is 25.3 Å². The lowest BCUT2D eigenvalue weighted by Gasteiger charge is -2.41. The van der Waals surface area contributed by atoms with E-state index in [4.69, 9.17) is 9.47 Å². The second-order valence-corrected chi connectivity index (χ2v) is 17.8. The number of hydrogen-bond donors (Lipinski definition) is 3. The van der Waals surface area contributed by atoms with Gasteiger partial charge in [0.25, 0.3) is 0 Å². The summed E-state index contributed by atoms with van der Waals surface area (Å²) in [6.45, 7) is 16.8. The third kappa shape index (κ3) is 14.1. The van der Waals surface area contributed by atoms with Gasteiger partial charge in [0.15, 0.2) is 0 Å². The molecule has 0 bridgehead atoms. The molecule has 1 aliphatic heterocycles. The van der Waals surface area contributed by atoms with E-state index in [1.54, 1.807) is 30.9 Å². The second kappa shape index (κ2) is 24.3. The Morgan fingerprint density at radius 1 is 0.852 bits per heavy atom. The molecule has 0 radical (unpaired) electrons. The van der Waals surface area contributed by atoms with E-state index >= 15 is 0 Å². The van der Waals surface area contributed by atoms with E-state index in [0.29, 0.717) is 32.4 Å². The number of carbonyl (C=O) groups is 5. The highest BCUT2D eigenvalue weighted by Crippen LogP contribution is 2.30. The molecule has 1 heterocycles. The van der Waals surface area contributed by atoms with Gasteiger partial charge in [0.1, 0.15) is 12.1 Å². The molecule has 0 aromatic heterocycles. The number of aryl methyl sites for hydroxylation is 1. The van der Waals surface area contributed by atoms with Crippen molar-refractivity contribution in [3.05, 3.63) is 71.3 Å². The molecular weight excluding hydrogens is 775 g/mol. The van der Waals surface area contributed by atoms with Crippen molar-refractivity contribution < 1.29 is 38.6 Å². The molecule has 9 atom stereocenters. The first-order valence-corrected chi connectivity index (χ1v) is 22.1. The molecule has 1 fully saturated rings. The van der Waals surface area contributed by atoms with E-state index in [1.165, 1.54) is 18.2 Å². The predicted octanol–water partition coefficient (Wildman–Crippen LogP) is 5.37. The van der Waals surface area contributed by atoms with Crippen LogP contribution in [0.3, 0.4) is 0 Å². The molecule has 61 heavy (non-hydrogen) atoms. The van der Waals surface area contributed by atoms with Crippen LogP contribution in [0.1, 0.15) is 90.8 Å². The number of likely N-dealkylation sites (N-methyl/N-ethyl adjacent to an activating group) is 2. The van der Waals surface area contributed by atoms with Gasteiger partial charge in [-0.1, -0.05) is 115 Å². The summed E-state index contributed by atoms with van der Waals surface area (Å²) in [5.74, 6) is -3.30. The fourth-order valence-corrected chi connectivity index (χ4v) is 8.84. The van der Waals surface area contributed by atoms with Gasteiger partial charge in [0.05, 0.1) is 42.7 Å². The maximum atomic E-state index is 14.5. The number of carboxylic acid groups (broad SMARTS) is 1. The number of benzene rings is 2. The summed E-state index contributed by atoms with van der Waals surface area (Å²) in [5, 5.41) is 15.8. The van der Waals surface area contributed by atoms with Crippen LogP contribution in [-0.2, 0) is 46.3 Å². The first-order chi connectivity index (χ1) is 28.9. The van der Waals surface area contributed by atoms with Crippen molar-refractivity contribution in [2.75, 3.05) is 41.4 Å². The molecule has 13 heteroatoms. The second-order valence-electron chi connectivity index (χ2n) is 17.8. The summed E-state index contributed by atoms with van der Waals surface area (Å²) in [5.41, 5.74) is 3.18. The van der Waals surface area contributed by atoms with Crippen molar-refractivity contribution in [2.24, 2.45) is 23.7 Å². The molecule has 0 unspecified atom stereocenters. The van der Waals surface area contributed by atoms with Crippen molar-refractivity contribution in [2.45, 2.75) is 136 Å². The van der Waals surface area contributed by atoms with Crippen LogP contribution in [0.5, 0.6) is 0 Å². The van der Waals surface area contributed by atoms with E-state index in [2.05, 4.69) is 46.7 Å². The molecule has 0 aliphatic carbocycles. The van der Waals surface area contributed by atoms with Crippen LogP contribution in [-0.4, -0.2) is 133 Å². The number of nitrogens with zero attached hydrogens (tertiary/aromatic N) is 3. The summed E-state index contributed by atoms with van der Waals surface area (Å²) < 4.78 is 12.0. The third-order valence-corrected chi connectivity index (χ3v) is 12.6. The molecule has 2 aromatic rings. The quantitative estimate of drug-likeness (QED) is 0.126. The first-order valence-electron chi connectivity index (χ1n) is 22.1. The number of amides is 4. The maximum Gasteiger partial charge on any atom is 0.326 e. The molecule has 0 spiro atoms. The topological polar surface area (TPSA) is 158 Å². The standard InChI is InChI=1S/C48H75N5O8/c1-13-33(7)43(52(10)47(57)41(30(2)3)50-46(56)42(31(4)5)51(9)27-25-35-23-21-32(6)22-24-35)39(60-11)29-40(54)53-26-17-20-38(53)44(61-12)34(8)45(55)49-37(48(58)59)28-36-18-15-14-16-19-36/h14-16,18-19,21-24,30-31,33-34,37-39,41-44H,13,17,20,25-29H2,1-12H3,(H,49,55)(H,50,56)(H,58,59)/t33-,34+,37-,38-,39+,41-,42-,43-,44+/m0/s1. The average Bonchev–Trinajstić information content (AvgIpc) is 3.71. The number of ether oxygens (including phenoxy) is 2. The minimum absolute atomic E-state index is 0.00815. The van der Waals surface area contributed by atoms with Gasteiger partial charge in [0.2, 0.25) is 23.6 Å². The monoisotopic (exact) mass is 850 g/mol. The molecule has 1 aliphatic rings. The van der Waals surface area contributed by atoms with Crippen LogP contribution in [0.15, 0.2) is 54.6 Å². The maximum absolute atomic E-state index is 14.5. The summed E-state index contributed by atoms with van der Waals surface area (Å²) in [6, 6.07) is 14.2. The van der Waals surface area contributed by atoms with Crippen molar-refractivity contribution in [3.63, 3.8) is 0 Å². The SMILES string of the molecule is CC[C@H](C)[C@@H]([C@@H](CC(=O)N1CCC[C@H]1[C@H](OC)[C@@H](C)C(=O)N[C@@H](Cc1ccccc1)C(=O)O)OC)N(C)C(=O)[C@@H](NC(=O)[C@H](C(C)C)N(C)CCc1ccc(C)cc1)C(C)C. The number of likely N-dealkylation sites (tertiary alicyclic amines) is 1. The van der Waals surface area contributed by atoms with Gasteiger partial charge < -0.3 is 35.0 Å². The summed E-state index contributed by atoms with van der Waals surface area (Å²) in [4.78, 5) is 74.1. The molecule has 2 aromatic carbocycles. The van der Waals surface area contributed by atoms with E-state index in [0.717, 1.165) is 12.0 Å². The zero-order chi connectivity index (χ0) is 45.6. The number of carbonyl (C=O) groups excluding carboxylic acids is 4. The van der Waals surface area contributed by atoms with Gasteiger partial charge in [-0.15, -0.1) is 0 Å². The summed E-state index contributed by atoms with van der Waals surface area (Å²) in [7, 11) is 6.73. The Kier molecular flexibility index (Phi) is 20.4. The van der Waals surface area contributed by atoms with Crippen LogP contribution >= 0.6 is 0 Å². The number of hydrogen-bond acceptors (Lipinski definition) is 8. The largest absolute Gasteiger partial charge is 0.480 e. The van der Waals surface area contributed by atoms with Gasteiger partial charge in [-0.3, -0.25) is 24.1 Å². The molecule has 3 rings (SSSR count). The average molecular weight is 850 g/mol. The molecule has 340 valence electrons. The lowest BCUT2D eigenvalue weighted by Crippen LogP contribution is -2.60. The first kappa shape index (κ1) is 51.0. The molecule has 0 saturated carbocycles. The number of aliphatic carboxylic acids is 1. The highest BCUT2D eigenvalue weighted by Gasteiger charge is 2.43. The number of nitrogens with one attached hydrogen (secondary N) is 2. The van der Waals surface area contributed by atoms with Gasteiger partial charge in [0, 0.05) is 40.8 Å². The molecular formula is C48H75N5O8. The zero-order valence-corrected chi connectivity index (χ0v) is 38.9. The highest BCUT2D eigenvalue weighted by molar-refractivity contribution is 5.90. The molecule has 1 saturated heterocycles. The summed E-state index contributed by atoms with van der Waals surface area (Å²) >= 11 is 0. The fourth-order valence-electron chi connectivity index (χ4n) is 8.84. The minimum atomic E-state index is -1.14. The number of carboxylic acids is 1. The third-order valence-electron chi connectivity index (χ3n) is 12.6. The van der Waals surface area contributed by atoms with Crippen LogP contribution in [0.2, 0.25) is 0 Å². The van der Waals surface area contributed by atoms with Crippen molar-refractivity contribution >= 4 is 29.6 Å². The normalized spacial score (nSPS) is 18.2. The van der Waals surface area contributed by atoms with Crippen LogP contribution in [0, 0.1) is 30.6 Å². The van der Waals surface area contributed by atoms with Crippen molar-refractivity contribution in [1.29, 1.82) is 0 Å². The smallest absolute Gasteiger partial charge is 0.326 e. The van der Waals surface area contributed by atoms with Gasteiger partial charge >= 0.3 is 5.97 Å². The molecule has 4 amide bonds. The van der Waals surface area contributed by atoms with E-state index in [-0.39, 0.29) is 48.3 Å².